The van der Waals surface area contributed by atoms with Gasteiger partial charge in [-0.3, -0.25) is 0 Å². The first-order chi connectivity index (χ1) is 6.97. The second-order valence-electron chi connectivity index (χ2n) is 2.97. The summed E-state index contributed by atoms with van der Waals surface area (Å²) >= 11 is 0. The van der Waals surface area contributed by atoms with Crippen LogP contribution in [0.4, 0.5) is 11.6 Å². The number of nitrogen functional groups attached to an aromatic ring is 2. The monoisotopic (exact) mass is 208 g/mol. The van der Waals surface area contributed by atoms with E-state index >= 15 is 0 Å². The SMILES string of the molecule is C/C=C(/C)c1nc(C(=O)O)c(N)nc1N. The normalized spacial score (nSPS) is 11.5. The van der Waals surface area contributed by atoms with E-state index in [1.54, 1.807) is 19.9 Å². The molecule has 80 valence electrons. The first-order valence-electron chi connectivity index (χ1n) is 4.27. The first-order valence-corrected chi connectivity index (χ1v) is 4.27. The van der Waals surface area contributed by atoms with Crippen molar-refractivity contribution >= 4 is 23.2 Å². The molecule has 0 saturated heterocycles. The topological polar surface area (TPSA) is 115 Å². The molecule has 0 unspecified atom stereocenters. The first kappa shape index (κ1) is 11.0. The predicted molar refractivity (Wildman–Crippen MR) is 57.1 cm³/mol. The molecule has 0 atom stereocenters. The van der Waals surface area contributed by atoms with Gasteiger partial charge >= 0.3 is 5.97 Å². The van der Waals surface area contributed by atoms with Gasteiger partial charge in [0, 0.05) is 0 Å². The van der Waals surface area contributed by atoms with Gasteiger partial charge in [-0.2, -0.15) is 0 Å². The van der Waals surface area contributed by atoms with Gasteiger partial charge in [-0.15, -0.1) is 0 Å². The van der Waals surface area contributed by atoms with E-state index in [1.165, 1.54) is 0 Å². The lowest BCUT2D eigenvalue weighted by molar-refractivity contribution is 0.0691. The second-order valence-corrected chi connectivity index (χ2v) is 2.97. The molecule has 1 aromatic rings. The lowest BCUT2D eigenvalue weighted by Gasteiger charge is -2.06. The summed E-state index contributed by atoms with van der Waals surface area (Å²) in [6, 6.07) is 0. The van der Waals surface area contributed by atoms with Gasteiger partial charge in [0.1, 0.15) is 5.69 Å². The Kier molecular flexibility index (Phi) is 2.89. The maximum absolute atomic E-state index is 10.8. The van der Waals surface area contributed by atoms with Crippen LogP contribution >= 0.6 is 0 Å². The average Bonchev–Trinajstić information content (AvgIpc) is 2.16. The maximum atomic E-state index is 10.8. The molecule has 15 heavy (non-hydrogen) atoms. The number of allylic oxidation sites excluding steroid dienone is 2. The Balaban J connectivity index is 3.43. The molecule has 0 saturated carbocycles. The van der Waals surface area contributed by atoms with Gasteiger partial charge in [0.2, 0.25) is 0 Å². The highest BCUT2D eigenvalue weighted by molar-refractivity contribution is 5.91. The Morgan fingerprint density at radius 1 is 1.27 bits per heavy atom. The molecule has 1 heterocycles. The van der Waals surface area contributed by atoms with Gasteiger partial charge in [0.15, 0.2) is 17.3 Å². The van der Waals surface area contributed by atoms with Crippen molar-refractivity contribution in [3.63, 3.8) is 0 Å². The van der Waals surface area contributed by atoms with Crippen LogP contribution in [0, 0.1) is 0 Å². The molecular formula is C9H12N4O2. The third-order valence-electron chi connectivity index (χ3n) is 1.96. The Labute approximate surface area is 86.6 Å². The van der Waals surface area contributed by atoms with Crippen LogP contribution in [0.15, 0.2) is 6.08 Å². The van der Waals surface area contributed by atoms with E-state index in [4.69, 9.17) is 16.6 Å². The Morgan fingerprint density at radius 2 is 1.80 bits per heavy atom. The van der Waals surface area contributed by atoms with Gasteiger partial charge in [0.05, 0.1) is 0 Å². The van der Waals surface area contributed by atoms with E-state index in [0.717, 1.165) is 5.57 Å². The van der Waals surface area contributed by atoms with Gasteiger partial charge in [-0.1, -0.05) is 6.08 Å². The number of carboxylic acid groups (broad SMARTS) is 1. The minimum atomic E-state index is -1.22. The van der Waals surface area contributed by atoms with Crippen molar-refractivity contribution < 1.29 is 9.90 Å². The molecule has 0 amide bonds. The standard InChI is InChI=1S/C9H12N4O2/c1-3-4(2)5-7(10)13-8(11)6(12-5)9(14)15/h3H,1-2H3,(H,14,15)(H4,10,11,13)/b4-3-. The molecule has 0 aliphatic rings. The largest absolute Gasteiger partial charge is 0.476 e. The number of nitrogens with two attached hydrogens (primary N) is 2. The Hall–Kier alpha value is -2.11. The number of carbonyl (C=O) groups is 1. The summed E-state index contributed by atoms with van der Waals surface area (Å²) in [5.41, 5.74) is 11.8. The number of anilines is 2. The molecule has 0 radical (unpaired) electrons. The minimum absolute atomic E-state index is 0.133. The fourth-order valence-electron chi connectivity index (χ4n) is 1.05. The van der Waals surface area contributed by atoms with E-state index < -0.39 is 5.97 Å². The molecular weight excluding hydrogens is 196 g/mol. The van der Waals surface area contributed by atoms with Crippen LogP contribution in [0.1, 0.15) is 30.0 Å². The molecule has 0 aliphatic carbocycles. The molecule has 5 N–H and O–H groups in total. The zero-order valence-corrected chi connectivity index (χ0v) is 8.48. The summed E-state index contributed by atoms with van der Waals surface area (Å²) in [5, 5.41) is 8.79. The van der Waals surface area contributed by atoms with Crippen LogP contribution in [0.25, 0.3) is 5.57 Å². The number of hydrogen-bond donors (Lipinski definition) is 3. The molecule has 1 aromatic heterocycles. The van der Waals surface area contributed by atoms with E-state index in [-0.39, 0.29) is 17.3 Å². The predicted octanol–water partition coefficient (Wildman–Crippen LogP) is 0.762. The zero-order valence-electron chi connectivity index (χ0n) is 8.48. The van der Waals surface area contributed by atoms with E-state index in [1.807, 2.05) is 0 Å². The van der Waals surface area contributed by atoms with Crippen LogP contribution in [0.3, 0.4) is 0 Å². The fourth-order valence-corrected chi connectivity index (χ4v) is 1.05. The number of nitrogens with zero attached hydrogens (tertiary/aromatic N) is 2. The summed E-state index contributed by atoms with van der Waals surface area (Å²) in [4.78, 5) is 18.4. The highest BCUT2D eigenvalue weighted by Gasteiger charge is 2.15. The lowest BCUT2D eigenvalue weighted by atomic mass is 10.2. The van der Waals surface area contributed by atoms with Crippen LogP contribution < -0.4 is 11.5 Å². The highest BCUT2D eigenvalue weighted by Crippen LogP contribution is 2.19. The van der Waals surface area contributed by atoms with E-state index in [9.17, 15) is 4.79 Å². The van der Waals surface area contributed by atoms with Gasteiger partial charge in [0.25, 0.3) is 0 Å². The third-order valence-corrected chi connectivity index (χ3v) is 1.96. The van der Waals surface area contributed by atoms with E-state index in [2.05, 4.69) is 9.97 Å². The second kappa shape index (κ2) is 3.95. The van der Waals surface area contributed by atoms with Gasteiger partial charge in [-0.25, -0.2) is 14.8 Å². The maximum Gasteiger partial charge on any atom is 0.358 e. The Morgan fingerprint density at radius 3 is 2.27 bits per heavy atom. The summed E-state index contributed by atoms with van der Waals surface area (Å²) in [5.74, 6) is -1.26. The number of aromatic nitrogens is 2. The number of rotatable bonds is 2. The lowest BCUT2D eigenvalue weighted by Crippen LogP contribution is -2.12. The molecule has 0 fully saturated rings. The van der Waals surface area contributed by atoms with Crippen molar-refractivity contribution in [3.8, 4) is 0 Å². The van der Waals surface area contributed by atoms with Crippen LogP contribution in [0.5, 0.6) is 0 Å². The number of carboxylic acids is 1. The minimum Gasteiger partial charge on any atom is -0.476 e. The Bertz CT molecular complexity index is 440. The van der Waals surface area contributed by atoms with Gasteiger partial charge in [-0.05, 0) is 19.4 Å². The quantitative estimate of drug-likeness (QED) is 0.660. The summed E-state index contributed by atoms with van der Waals surface area (Å²) in [6.45, 7) is 3.56. The number of aromatic carboxylic acids is 1. The molecule has 1 rings (SSSR count). The van der Waals surface area contributed by atoms with E-state index in [0.29, 0.717) is 5.69 Å². The van der Waals surface area contributed by atoms with Crippen LogP contribution in [0.2, 0.25) is 0 Å². The zero-order chi connectivity index (χ0) is 11.6. The van der Waals surface area contributed by atoms with Crippen molar-refractivity contribution in [2.45, 2.75) is 13.8 Å². The van der Waals surface area contributed by atoms with Crippen molar-refractivity contribution in [1.29, 1.82) is 0 Å². The van der Waals surface area contributed by atoms with Crippen molar-refractivity contribution in [2.24, 2.45) is 0 Å². The van der Waals surface area contributed by atoms with Crippen molar-refractivity contribution in [2.75, 3.05) is 11.5 Å². The molecule has 0 aromatic carbocycles. The molecule has 6 nitrogen and oxygen atoms in total. The van der Waals surface area contributed by atoms with Crippen molar-refractivity contribution in [3.05, 3.63) is 17.5 Å². The third kappa shape index (κ3) is 2.04. The van der Waals surface area contributed by atoms with Crippen LogP contribution in [-0.2, 0) is 0 Å². The van der Waals surface area contributed by atoms with Crippen molar-refractivity contribution in [1.82, 2.24) is 9.97 Å². The number of hydrogen-bond acceptors (Lipinski definition) is 5. The summed E-state index contributed by atoms with van der Waals surface area (Å²) < 4.78 is 0. The summed E-state index contributed by atoms with van der Waals surface area (Å²) in [6.07, 6.45) is 1.77. The smallest absolute Gasteiger partial charge is 0.358 e. The molecule has 0 bridgehead atoms. The van der Waals surface area contributed by atoms with Gasteiger partial charge < -0.3 is 16.6 Å². The summed E-state index contributed by atoms with van der Waals surface area (Å²) in [7, 11) is 0. The average molecular weight is 208 g/mol. The molecule has 0 aliphatic heterocycles. The fraction of sp³-hybridized carbons (Fsp3) is 0.222. The molecule has 0 spiro atoms. The highest BCUT2D eigenvalue weighted by atomic mass is 16.4. The molecule has 6 heteroatoms. The van der Waals surface area contributed by atoms with Crippen LogP contribution in [-0.4, -0.2) is 21.0 Å².